The summed E-state index contributed by atoms with van der Waals surface area (Å²) >= 11 is 0. The molecule has 0 spiro atoms. The van der Waals surface area contributed by atoms with E-state index in [9.17, 15) is 18.0 Å². The van der Waals surface area contributed by atoms with Crippen LogP contribution in [0, 0.1) is 5.82 Å². The minimum absolute atomic E-state index is 0.0763. The van der Waals surface area contributed by atoms with Crippen molar-refractivity contribution in [2.45, 2.75) is 26.2 Å². The largest absolute Gasteiger partial charge is 0.364 e. The van der Waals surface area contributed by atoms with Crippen LogP contribution in [0.15, 0.2) is 36.4 Å². The molecule has 1 aliphatic rings. The molecule has 0 fully saturated rings. The van der Waals surface area contributed by atoms with Crippen molar-refractivity contribution in [2.75, 3.05) is 24.2 Å². The van der Waals surface area contributed by atoms with E-state index in [4.69, 9.17) is 5.73 Å². The summed E-state index contributed by atoms with van der Waals surface area (Å²) in [6.45, 7) is -1.81. The van der Waals surface area contributed by atoms with Crippen molar-refractivity contribution in [1.29, 1.82) is 0 Å². The van der Waals surface area contributed by atoms with Gasteiger partial charge in [0.1, 0.15) is 5.82 Å². The maximum Gasteiger partial charge on any atom is 0.345 e. The maximum atomic E-state index is 14.7. The SMILES string of the molecule is CN1CCc2cc(F)c(Nc3nnc(C(N)=O)c(Nc4ccccc4COC(F)F)n3)cc2C1. The first-order chi connectivity index (χ1) is 16.3. The highest BCUT2D eigenvalue weighted by atomic mass is 19.3. The van der Waals surface area contributed by atoms with Crippen LogP contribution in [-0.4, -0.2) is 46.2 Å². The van der Waals surface area contributed by atoms with Gasteiger partial charge in [0, 0.05) is 24.3 Å². The van der Waals surface area contributed by atoms with Crippen LogP contribution >= 0.6 is 0 Å². The molecule has 4 N–H and O–H groups in total. The van der Waals surface area contributed by atoms with Crippen LogP contribution < -0.4 is 16.4 Å². The van der Waals surface area contributed by atoms with E-state index >= 15 is 0 Å². The fourth-order valence-corrected chi connectivity index (χ4v) is 3.62. The Hall–Kier alpha value is -3.77. The summed E-state index contributed by atoms with van der Waals surface area (Å²) < 4.78 is 44.1. The quantitative estimate of drug-likeness (QED) is 0.456. The molecule has 12 heteroatoms. The fraction of sp³-hybridized carbons (Fsp3) is 0.273. The minimum Gasteiger partial charge on any atom is -0.364 e. The molecule has 1 aliphatic heterocycles. The van der Waals surface area contributed by atoms with E-state index in [0.717, 1.165) is 24.1 Å². The van der Waals surface area contributed by atoms with Gasteiger partial charge >= 0.3 is 6.61 Å². The number of alkyl halides is 2. The predicted molar refractivity (Wildman–Crippen MR) is 119 cm³/mol. The summed E-state index contributed by atoms with van der Waals surface area (Å²) in [7, 11) is 1.98. The van der Waals surface area contributed by atoms with E-state index in [0.29, 0.717) is 17.8 Å². The molecule has 0 radical (unpaired) electrons. The smallest absolute Gasteiger partial charge is 0.345 e. The molecule has 9 nitrogen and oxygen atoms in total. The van der Waals surface area contributed by atoms with Crippen LogP contribution in [0.1, 0.15) is 27.2 Å². The average molecular weight is 473 g/mol. The lowest BCUT2D eigenvalue weighted by atomic mass is 9.99. The molecular weight excluding hydrogens is 451 g/mol. The number of aromatic nitrogens is 3. The van der Waals surface area contributed by atoms with Crippen molar-refractivity contribution < 1.29 is 22.7 Å². The highest BCUT2D eigenvalue weighted by Crippen LogP contribution is 2.28. The van der Waals surface area contributed by atoms with E-state index < -0.39 is 18.3 Å². The number of fused-ring (bicyclic) bond motifs is 1. The molecular formula is C22H22F3N7O2. The Balaban J connectivity index is 1.63. The zero-order valence-electron chi connectivity index (χ0n) is 18.2. The number of carbonyl (C=O) groups is 1. The van der Waals surface area contributed by atoms with Crippen molar-refractivity contribution in [2.24, 2.45) is 5.73 Å². The molecule has 0 saturated heterocycles. The number of primary amides is 1. The Morgan fingerprint density at radius 2 is 1.97 bits per heavy atom. The fourth-order valence-electron chi connectivity index (χ4n) is 3.62. The molecule has 0 bridgehead atoms. The number of likely N-dealkylation sites (N-methyl/N-ethyl adjacent to an activating group) is 1. The van der Waals surface area contributed by atoms with Crippen LogP contribution in [0.25, 0.3) is 0 Å². The zero-order valence-corrected chi connectivity index (χ0v) is 18.2. The monoisotopic (exact) mass is 473 g/mol. The molecule has 0 unspecified atom stereocenters. The number of ether oxygens (including phenoxy) is 1. The van der Waals surface area contributed by atoms with Crippen LogP contribution in [0.4, 0.5) is 36.3 Å². The predicted octanol–water partition coefficient (Wildman–Crippen LogP) is 3.32. The molecule has 2 heterocycles. The van der Waals surface area contributed by atoms with E-state index in [1.807, 2.05) is 7.05 Å². The van der Waals surface area contributed by atoms with Gasteiger partial charge in [-0.1, -0.05) is 18.2 Å². The second kappa shape index (κ2) is 10.0. The number of hydrogen-bond donors (Lipinski definition) is 3. The second-order valence-corrected chi connectivity index (χ2v) is 7.76. The number of nitrogens with zero attached hydrogens (tertiary/aromatic N) is 4. The van der Waals surface area contributed by atoms with Crippen LogP contribution in [0.2, 0.25) is 0 Å². The highest BCUT2D eigenvalue weighted by molar-refractivity contribution is 5.96. The Morgan fingerprint density at radius 1 is 1.18 bits per heavy atom. The standard InChI is InChI=1S/C22H22F3N7O2/c1-32-7-6-12-8-15(23)17(9-14(12)10-32)28-22-29-20(18(19(26)33)30-31-22)27-16-5-3-2-4-13(16)11-34-21(24)25/h2-5,8-9,21H,6-7,10-11H2,1H3,(H2,26,33)(H2,27,28,29,31). The van der Waals surface area contributed by atoms with Gasteiger partial charge in [-0.25, -0.2) is 4.39 Å². The third kappa shape index (κ3) is 5.41. The molecule has 34 heavy (non-hydrogen) atoms. The third-order valence-electron chi connectivity index (χ3n) is 5.29. The summed E-state index contributed by atoms with van der Waals surface area (Å²) in [5, 5.41) is 13.3. The van der Waals surface area contributed by atoms with Gasteiger partial charge in [0.05, 0.1) is 12.3 Å². The van der Waals surface area contributed by atoms with Gasteiger partial charge in [0.2, 0.25) is 5.95 Å². The van der Waals surface area contributed by atoms with E-state index in [-0.39, 0.29) is 29.8 Å². The van der Waals surface area contributed by atoms with E-state index in [1.54, 1.807) is 30.3 Å². The van der Waals surface area contributed by atoms with Crippen molar-refractivity contribution in [3.8, 4) is 0 Å². The summed E-state index contributed by atoms with van der Waals surface area (Å²) in [6.07, 6.45) is 0.747. The summed E-state index contributed by atoms with van der Waals surface area (Å²) in [4.78, 5) is 18.2. The van der Waals surface area contributed by atoms with Gasteiger partial charge in [0.25, 0.3) is 5.91 Å². The van der Waals surface area contributed by atoms with Gasteiger partial charge in [0.15, 0.2) is 11.5 Å². The van der Waals surface area contributed by atoms with E-state index in [1.165, 1.54) is 6.07 Å². The molecule has 1 amide bonds. The molecule has 1 aromatic heterocycles. The zero-order chi connectivity index (χ0) is 24.2. The van der Waals surface area contributed by atoms with Crippen LogP contribution in [-0.2, 0) is 24.3 Å². The van der Waals surface area contributed by atoms with Crippen molar-refractivity contribution in [1.82, 2.24) is 20.1 Å². The van der Waals surface area contributed by atoms with Crippen molar-refractivity contribution in [3.63, 3.8) is 0 Å². The van der Waals surface area contributed by atoms with Gasteiger partial charge in [-0.3, -0.25) is 4.79 Å². The number of carbonyl (C=O) groups excluding carboxylic acids is 1. The average Bonchev–Trinajstić information content (AvgIpc) is 2.79. The molecule has 0 atom stereocenters. The van der Waals surface area contributed by atoms with Crippen molar-refractivity contribution >= 4 is 29.0 Å². The normalized spacial score (nSPS) is 13.6. The lowest BCUT2D eigenvalue weighted by Gasteiger charge is -2.25. The number of nitrogens with one attached hydrogen (secondary N) is 2. The minimum atomic E-state index is -2.95. The van der Waals surface area contributed by atoms with Gasteiger partial charge < -0.3 is 26.0 Å². The number of rotatable bonds is 8. The number of benzene rings is 2. The second-order valence-electron chi connectivity index (χ2n) is 7.76. The van der Waals surface area contributed by atoms with Gasteiger partial charge in [-0.05, 0) is 42.8 Å². The first-order valence-electron chi connectivity index (χ1n) is 10.4. The van der Waals surface area contributed by atoms with Crippen LogP contribution in [0.3, 0.4) is 0 Å². The lowest BCUT2D eigenvalue weighted by molar-refractivity contribution is -0.137. The number of anilines is 4. The number of hydrogen-bond acceptors (Lipinski definition) is 8. The molecule has 178 valence electrons. The summed E-state index contributed by atoms with van der Waals surface area (Å²) in [6, 6.07) is 9.63. The third-order valence-corrected chi connectivity index (χ3v) is 5.29. The maximum absolute atomic E-state index is 14.7. The first kappa shape index (κ1) is 23.4. The molecule has 4 rings (SSSR count). The van der Waals surface area contributed by atoms with E-state index in [2.05, 4.69) is 35.5 Å². The Morgan fingerprint density at radius 3 is 2.74 bits per heavy atom. The van der Waals surface area contributed by atoms with Gasteiger partial charge in [-0.15, -0.1) is 10.2 Å². The topological polar surface area (TPSA) is 118 Å². The molecule has 0 saturated carbocycles. The Kier molecular flexibility index (Phi) is 6.89. The summed E-state index contributed by atoms with van der Waals surface area (Å²) in [5.41, 5.74) is 7.92. The number of nitrogens with two attached hydrogens (primary N) is 1. The molecule has 3 aromatic rings. The Labute approximate surface area is 193 Å². The first-order valence-corrected chi connectivity index (χ1v) is 10.4. The number of amides is 1. The van der Waals surface area contributed by atoms with Crippen molar-refractivity contribution in [3.05, 3.63) is 64.6 Å². The summed E-state index contributed by atoms with van der Waals surface area (Å²) in [5.74, 6) is -1.54. The van der Waals surface area contributed by atoms with Crippen LogP contribution in [0.5, 0.6) is 0 Å². The number of halogens is 3. The van der Waals surface area contributed by atoms with Gasteiger partial charge in [-0.2, -0.15) is 13.8 Å². The molecule has 2 aromatic carbocycles. The number of para-hydroxylation sites is 1. The lowest BCUT2D eigenvalue weighted by Crippen LogP contribution is -2.26. The molecule has 0 aliphatic carbocycles. The highest BCUT2D eigenvalue weighted by Gasteiger charge is 2.19. The Bertz CT molecular complexity index is 1210.